The van der Waals surface area contributed by atoms with Crippen LogP contribution in [0.3, 0.4) is 0 Å². The van der Waals surface area contributed by atoms with E-state index in [1.54, 1.807) is 18.7 Å². The summed E-state index contributed by atoms with van der Waals surface area (Å²) in [5.74, 6) is 0. The molecule has 0 N–H and O–H groups in total. The lowest BCUT2D eigenvalue weighted by Crippen LogP contribution is -1.80. The molecular weight excluding hydrogens is 150 g/mol. The molecule has 2 aromatic rings. The van der Waals surface area contributed by atoms with Crippen molar-refractivity contribution in [3.8, 4) is 11.3 Å². The molecular formula is C10H9NO. The van der Waals surface area contributed by atoms with Crippen LogP contribution in [0.5, 0.6) is 0 Å². The maximum absolute atomic E-state index is 4.97. The number of nitrogens with zero attached hydrogens (tertiary/aromatic N) is 1. The van der Waals surface area contributed by atoms with Crippen LogP contribution in [-0.4, -0.2) is 4.98 Å². The molecule has 0 fully saturated rings. The van der Waals surface area contributed by atoms with Crippen LogP contribution < -0.4 is 0 Å². The monoisotopic (exact) mass is 159 g/mol. The maximum atomic E-state index is 4.97. The van der Waals surface area contributed by atoms with Crippen LogP contribution >= 0.6 is 0 Å². The average Bonchev–Trinajstić information content (AvgIpc) is 2.56. The Bertz CT molecular complexity index is 365. The standard InChI is InChI=1S/C10H9NO/c1-8-2-4-11-10(6-8)9-3-5-12-7-9/h2-7H,1H3. The maximum Gasteiger partial charge on any atom is 0.0996 e. The molecule has 0 radical (unpaired) electrons. The van der Waals surface area contributed by atoms with E-state index in [9.17, 15) is 0 Å². The van der Waals surface area contributed by atoms with E-state index in [2.05, 4.69) is 4.98 Å². The van der Waals surface area contributed by atoms with Crippen molar-refractivity contribution in [2.45, 2.75) is 6.92 Å². The molecule has 0 saturated heterocycles. The van der Waals surface area contributed by atoms with E-state index in [4.69, 9.17) is 4.42 Å². The first-order chi connectivity index (χ1) is 5.86. The highest BCUT2D eigenvalue weighted by molar-refractivity contribution is 5.57. The largest absolute Gasteiger partial charge is 0.472 e. The van der Waals surface area contributed by atoms with Crippen molar-refractivity contribution in [1.29, 1.82) is 0 Å². The third kappa shape index (κ3) is 1.23. The van der Waals surface area contributed by atoms with E-state index in [0.29, 0.717) is 0 Å². The topological polar surface area (TPSA) is 26.0 Å². The second-order valence-corrected chi connectivity index (χ2v) is 2.73. The van der Waals surface area contributed by atoms with Crippen LogP contribution in [0.4, 0.5) is 0 Å². The SMILES string of the molecule is Cc1ccnc(-c2ccoc2)c1. The summed E-state index contributed by atoms with van der Waals surface area (Å²) in [6.07, 6.45) is 5.15. The molecule has 0 bridgehead atoms. The van der Waals surface area contributed by atoms with E-state index in [1.165, 1.54) is 5.56 Å². The molecule has 2 heterocycles. The zero-order valence-corrected chi connectivity index (χ0v) is 6.82. The van der Waals surface area contributed by atoms with Gasteiger partial charge in [0.1, 0.15) is 0 Å². The zero-order chi connectivity index (χ0) is 8.39. The fourth-order valence-electron chi connectivity index (χ4n) is 1.10. The van der Waals surface area contributed by atoms with Gasteiger partial charge >= 0.3 is 0 Å². The van der Waals surface area contributed by atoms with Crippen LogP contribution in [0.1, 0.15) is 5.56 Å². The minimum atomic E-state index is 0.962. The summed E-state index contributed by atoms with van der Waals surface area (Å²) in [6, 6.07) is 5.91. The van der Waals surface area contributed by atoms with E-state index in [0.717, 1.165) is 11.3 Å². The smallest absolute Gasteiger partial charge is 0.0996 e. The number of furan rings is 1. The molecule has 12 heavy (non-hydrogen) atoms. The number of hydrogen-bond acceptors (Lipinski definition) is 2. The van der Waals surface area contributed by atoms with Gasteiger partial charge in [0.25, 0.3) is 0 Å². The average molecular weight is 159 g/mol. The predicted octanol–water partition coefficient (Wildman–Crippen LogP) is 2.65. The normalized spacial score (nSPS) is 10.1. The summed E-state index contributed by atoms with van der Waals surface area (Å²) < 4.78 is 4.97. The highest BCUT2D eigenvalue weighted by atomic mass is 16.3. The van der Waals surface area contributed by atoms with E-state index in [-0.39, 0.29) is 0 Å². The van der Waals surface area contributed by atoms with Crippen LogP contribution in [0.15, 0.2) is 41.3 Å². The molecule has 0 saturated carbocycles. The number of aromatic nitrogens is 1. The van der Waals surface area contributed by atoms with Gasteiger partial charge in [0, 0.05) is 11.8 Å². The molecule has 0 atom stereocenters. The Morgan fingerprint density at radius 2 is 2.25 bits per heavy atom. The van der Waals surface area contributed by atoms with Crippen molar-refractivity contribution < 1.29 is 4.42 Å². The Morgan fingerprint density at radius 1 is 1.33 bits per heavy atom. The van der Waals surface area contributed by atoms with Gasteiger partial charge in [-0.1, -0.05) is 0 Å². The Labute approximate surface area is 70.9 Å². The van der Waals surface area contributed by atoms with Gasteiger partial charge in [0.05, 0.1) is 18.2 Å². The van der Waals surface area contributed by atoms with Crippen molar-refractivity contribution in [3.05, 3.63) is 42.5 Å². The first-order valence-electron chi connectivity index (χ1n) is 3.81. The van der Waals surface area contributed by atoms with Gasteiger partial charge in [0.2, 0.25) is 0 Å². The van der Waals surface area contributed by atoms with Gasteiger partial charge in [-0.15, -0.1) is 0 Å². The summed E-state index contributed by atoms with van der Waals surface area (Å²) in [6.45, 7) is 2.05. The molecule has 2 rings (SSSR count). The lowest BCUT2D eigenvalue weighted by molar-refractivity contribution is 0.568. The summed E-state index contributed by atoms with van der Waals surface area (Å²) in [5, 5.41) is 0. The molecule has 0 unspecified atom stereocenters. The molecule has 0 aliphatic heterocycles. The van der Waals surface area contributed by atoms with E-state index >= 15 is 0 Å². The Hall–Kier alpha value is -1.57. The van der Waals surface area contributed by atoms with Crippen LogP contribution in [-0.2, 0) is 0 Å². The number of rotatable bonds is 1. The Morgan fingerprint density at radius 3 is 2.92 bits per heavy atom. The van der Waals surface area contributed by atoms with Crippen molar-refractivity contribution in [2.24, 2.45) is 0 Å². The third-order valence-electron chi connectivity index (χ3n) is 1.73. The van der Waals surface area contributed by atoms with Crippen LogP contribution in [0, 0.1) is 6.92 Å². The molecule has 0 spiro atoms. The first kappa shape index (κ1) is 7.10. The minimum absolute atomic E-state index is 0.962. The highest BCUT2D eigenvalue weighted by Crippen LogP contribution is 2.17. The third-order valence-corrected chi connectivity index (χ3v) is 1.73. The molecule has 60 valence electrons. The number of pyridine rings is 1. The van der Waals surface area contributed by atoms with Crippen LogP contribution in [0.25, 0.3) is 11.3 Å². The van der Waals surface area contributed by atoms with Crippen molar-refractivity contribution in [1.82, 2.24) is 4.98 Å². The highest BCUT2D eigenvalue weighted by Gasteiger charge is 1.98. The molecule has 2 heteroatoms. The quantitative estimate of drug-likeness (QED) is 0.639. The van der Waals surface area contributed by atoms with E-state index < -0.39 is 0 Å². The molecule has 2 aromatic heterocycles. The Balaban J connectivity index is 2.48. The van der Waals surface area contributed by atoms with Gasteiger partial charge in [-0.2, -0.15) is 0 Å². The summed E-state index contributed by atoms with van der Waals surface area (Å²) in [4.78, 5) is 4.22. The fraction of sp³-hybridized carbons (Fsp3) is 0.100. The van der Waals surface area contributed by atoms with E-state index in [1.807, 2.05) is 25.1 Å². The molecule has 2 nitrogen and oxygen atoms in total. The molecule has 0 amide bonds. The van der Waals surface area contributed by atoms with Gasteiger partial charge in [-0.05, 0) is 30.7 Å². The van der Waals surface area contributed by atoms with Gasteiger partial charge in [-0.25, -0.2) is 0 Å². The summed E-state index contributed by atoms with van der Waals surface area (Å²) in [5.41, 5.74) is 3.20. The lowest BCUT2D eigenvalue weighted by atomic mass is 10.2. The lowest BCUT2D eigenvalue weighted by Gasteiger charge is -1.95. The second-order valence-electron chi connectivity index (χ2n) is 2.73. The zero-order valence-electron chi connectivity index (χ0n) is 6.82. The molecule has 0 aliphatic rings. The Kier molecular flexibility index (Phi) is 1.67. The number of aryl methyl sites for hydroxylation is 1. The van der Waals surface area contributed by atoms with Crippen molar-refractivity contribution in [3.63, 3.8) is 0 Å². The van der Waals surface area contributed by atoms with Gasteiger partial charge < -0.3 is 4.42 Å². The second kappa shape index (κ2) is 2.81. The predicted molar refractivity (Wildman–Crippen MR) is 46.7 cm³/mol. The van der Waals surface area contributed by atoms with Crippen molar-refractivity contribution >= 4 is 0 Å². The van der Waals surface area contributed by atoms with Crippen LogP contribution in [0.2, 0.25) is 0 Å². The fourth-order valence-corrected chi connectivity index (χ4v) is 1.10. The van der Waals surface area contributed by atoms with Gasteiger partial charge in [0.15, 0.2) is 0 Å². The van der Waals surface area contributed by atoms with Gasteiger partial charge in [-0.3, -0.25) is 4.98 Å². The minimum Gasteiger partial charge on any atom is -0.472 e. The number of hydrogen-bond donors (Lipinski definition) is 0. The van der Waals surface area contributed by atoms with Crippen molar-refractivity contribution in [2.75, 3.05) is 0 Å². The summed E-state index contributed by atoms with van der Waals surface area (Å²) >= 11 is 0. The first-order valence-corrected chi connectivity index (χ1v) is 3.81. The molecule has 0 aromatic carbocycles. The summed E-state index contributed by atoms with van der Waals surface area (Å²) in [7, 11) is 0. The molecule has 0 aliphatic carbocycles.